The second-order valence-corrected chi connectivity index (χ2v) is 11.2. The van der Waals surface area contributed by atoms with Gasteiger partial charge in [-0.05, 0) is 41.3 Å². The van der Waals surface area contributed by atoms with Gasteiger partial charge in [0.2, 0.25) is 15.9 Å². The fraction of sp³-hybridized carbons (Fsp3) is 0.250. The van der Waals surface area contributed by atoms with E-state index in [1.54, 1.807) is 18.2 Å². The van der Waals surface area contributed by atoms with E-state index in [0.29, 0.717) is 34.8 Å². The van der Waals surface area contributed by atoms with Crippen molar-refractivity contribution in [1.29, 1.82) is 5.26 Å². The largest absolute Gasteiger partial charge is 0.316 e. The summed E-state index contributed by atoms with van der Waals surface area (Å²) in [5, 5.41) is 13.2. The number of hydrogen-bond acceptors (Lipinski definition) is 6. The van der Waals surface area contributed by atoms with Crippen LogP contribution in [0.4, 0.5) is 9.39 Å². The van der Waals surface area contributed by atoms with E-state index in [2.05, 4.69) is 21.0 Å². The number of halogens is 1. The molecule has 0 radical (unpaired) electrons. The van der Waals surface area contributed by atoms with E-state index in [1.807, 2.05) is 6.07 Å². The lowest BCUT2D eigenvalue weighted by molar-refractivity contribution is -0.115. The van der Waals surface area contributed by atoms with Crippen molar-refractivity contribution in [2.24, 2.45) is 0 Å². The number of fused-ring (bicyclic) bond motifs is 2. The van der Waals surface area contributed by atoms with Gasteiger partial charge in [0.05, 0.1) is 16.9 Å². The molecule has 174 valence electrons. The van der Waals surface area contributed by atoms with E-state index >= 15 is 0 Å². The number of amides is 1. The molecule has 7 nitrogen and oxygen atoms in total. The van der Waals surface area contributed by atoms with Gasteiger partial charge in [-0.1, -0.05) is 24.3 Å². The Labute approximate surface area is 200 Å². The van der Waals surface area contributed by atoms with Gasteiger partial charge in [0.1, 0.15) is 16.9 Å². The summed E-state index contributed by atoms with van der Waals surface area (Å²) in [7, 11) is -3.44. The molecular formula is C24H21FN4O3S2. The zero-order chi connectivity index (χ0) is 23.9. The summed E-state index contributed by atoms with van der Waals surface area (Å²) in [5.41, 5.74) is 3.62. The molecule has 0 atom stereocenters. The molecule has 3 aromatic rings. The summed E-state index contributed by atoms with van der Waals surface area (Å²) < 4.78 is 39.8. The first-order valence-electron chi connectivity index (χ1n) is 10.7. The van der Waals surface area contributed by atoms with Crippen molar-refractivity contribution in [2.45, 2.75) is 37.4 Å². The molecule has 2 aliphatic heterocycles. The molecule has 0 fully saturated rings. The van der Waals surface area contributed by atoms with E-state index in [1.165, 1.54) is 29.5 Å². The van der Waals surface area contributed by atoms with Crippen LogP contribution >= 0.6 is 11.3 Å². The number of rotatable bonds is 5. The number of thiophene rings is 1. The van der Waals surface area contributed by atoms with Crippen LogP contribution in [0.5, 0.6) is 0 Å². The molecule has 0 saturated heterocycles. The summed E-state index contributed by atoms with van der Waals surface area (Å²) in [4.78, 5) is 16.2. The lowest BCUT2D eigenvalue weighted by Gasteiger charge is -2.27. The number of nitrogens with zero attached hydrogens (tertiary/aromatic N) is 2. The van der Waals surface area contributed by atoms with Gasteiger partial charge < -0.3 is 5.32 Å². The number of carbonyl (C=O) groups excluding carboxylic acids is 1. The topological polar surface area (TPSA) is 102 Å². The van der Waals surface area contributed by atoms with Gasteiger partial charge in [-0.2, -0.15) is 5.26 Å². The zero-order valence-electron chi connectivity index (χ0n) is 18.1. The van der Waals surface area contributed by atoms with Crippen LogP contribution in [0.25, 0.3) is 0 Å². The van der Waals surface area contributed by atoms with E-state index in [0.717, 1.165) is 29.0 Å². The molecule has 5 rings (SSSR count). The minimum absolute atomic E-state index is 0.0759. The molecular weight excluding hydrogens is 475 g/mol. The van der Waals surface area contributed by atoms with E-state index in [-0.39, 0.29) is 29.6 Å². The van der Waals surface area contributed by atoms with Crippen LogP contribution in [0.3, 0.4) is 0 Å². The molecule has 0 aliphatic carbocycles. The van der Waals surface area contributed by atoms with Gasteiger partial charge in [-0.25, -0.2) is 17.5 Å². The van der Waals surface area contributed by atoms with Gasteiger partial charge in [-0.15, -0.1) is 11.3 Å². The Morgan fingerprint density at radius 1 is 1.24 bits per heavy atom. The Morgan fingerprint density at radius 3 is 2.88 bits per heavy atom. The highest BCUT2D eigenvalue weighted by molar-refractivity contribution is 7.89. The number of nitriles is 1. The van der Waals surface area contributed by atoms with Gasteiger partial charge in [0.15, 0.2) is 0 Å². The molecule has 0 bridgehead atoms. The van der Waals surface area contributed by atoms with E-state index in [9.17, 15) is 22.9 Å². The number of benzene rings is 2. The highest BCUT2D eigenvalue weighted by Gasteiger charge is 2.27. The van der Waals surface area contributed by atoms with Crippen LogP contribution in [-0.2, 0) is 47.3 Å². The normalized spacial score (nSPS) is 16.5. The van der Waals surface area contributed by atoms with Gasteiger partial charge in [0.25, 0.3) is 0 Å². The van der Waals surface area contributed by atoms with Gasteiger partial charge >= 0.3 is 0 Å². The predicted molar refractivity (Wildman–Crippen MR) is 126 cm³/mol. The van der Waals surface area contributed by atoms with Crippen molar-refractivity contribution in [3.8, 4) is 6.07 Å². The average molecular weight is 497 g/mol. The Bertz CT molecular complexity index is 1440. The van der Waals surface area contributed by atoms with Crippen molar-refractivity contribution < 1.29 is 17.6 Å². The van der Waals surface area contributed by atoms with Crippen molar-refractivity contribution in [2.75, 3.05) is 11.9 Å². The summed E-state index contributed by atoms with van der Waals surface area (Å²) in [6.07, 6.45) is 0.832. The molecule has 2 N–H and O–H groups in total. The zero-order valence-corrected chi connectivity index (χ0v) is 19.7. The highest BCUT2D eigenvalue weighted by atomic mass is 32.2. The quantitative estimate of drug-likeness (QED) is 0.564. The van der Waals surface area contributed by atoms with Crippen molar-refractivity contribution in [3.63, 3.8) is 0 Å². The highest BCUT2D eigenvalue weighted by Crippen LogP contribution is 2.37. The average Bonchev–Trinajstić information content (AvgIpc) is 3.29. The Balaban J connectivity index is 1.29. The Kier molecular flexibility index (Phi) is 5.95. The van der Waals surface area contributed by atoms with Crippen molar-refractivity contribution in [1.82, 2.24) is 9.62 Å². The first-order chi connectivity index (χ1) is 16.3. The second kappa shape index (κ2) is 8.92. The maximum Gasteiger partial charge on any atom is 0.241 e. The van der Waals surface area contributed by atoms with Crippen molar-refractivity contribution >= 4 is 32.3 Å². The number of carbonyl (C=O) groups is 1. The summed E-state index contributed by atoms with van der Waals surface area (Å²) in [6.45, 7) is 2.15. The molecule has 1 aromatic heterocycles. The lowest BCUT2D eigenvalue weighted by atomic mass is 10.0. The minimum atomic E-state index is -3.44. The molecule has 3 heterocycles. The summed E-state index contributed by atoms with van der Waals surface area (Å²) >= 11 is 1.43. The SMILES string of the molecule is N#Cc1c(NC(=O)Cc2ccc3c(c2)CNS3(=O)=O)sc2c1CN(Cc1cccc(F)c1)CC2. The second-order valence-electron chi connectivity index (χ2n) is 8.40. The van der Waals surface area contributed by atoms with Crippen LogP contribution in [0, 0.1) is 17.1 Å². The maximum absolute atomic E-state index is 13.5. The Morgan fingerprint density at radius 2 is 2.09 bits per heavy atom. The van der Waals surface area contributed by atoms with Gasteiger partial charge in [-0.3, -0.25) is 9.69 Å². The number of sulfonamides is 1. The van der Waals surface area contributed by atoms with Crippen LogP contribution in [-0.4, -0.2) is 25.8 Å². The van der Waals surface area contributed by atoms with Gasteiger partial charge in [0, 0.05) is 36.6 Å². The number of hydrogen-bond donors (Lipinski definition) is 2. The smallest absolute Gasteiger partial charge is 0.241 e. The minimum Gasteiger partial charge on any atom is -0.316 e. The van der Waals surface area contributed by atoms with Crippen LogP contribution in [0.1, 0.15) is 32.7 Å². The summed E-state index contributed by atoms with van der Waals surface area (Å²) in [5.74, 6) is -0.532. The third kappa shape index (κ3) is 4.48. The molecule has 0 spiro atoms. The standard InChI is InChI=1S/C24H21FN4O3S2/c25-18-3-1-2-16(9-18)13-29-7-6-21-20(14-29)19(11-26)24(33-21)28-23(30)10-15-4-5-22-17(8-15)12-27-34(22,31)32/h1-5,8-9,27H,6-7,10,12-14H2,(H,28,30). The molecule has 2 aliphatic rings. The van der Waals surface area contributed by atoms with Crippen molar-refractivity contribution in [3.05, 3.63) is 81.0 Å². The molecule has 10 heteroatoms. The molecule has 0 unspecified atom stereocenters. The molecule has 34 heavy (non-hydrogen) atoms. The fourth-order valence-electron chi connectivity index (χ4n) is 4.43. The van der Waals surface area contributed by atoms with Crippen LogP contribution < -0.4 is 10.0 Å². The van der Waals surface area contributed by atoms with E-state index < -0.39 is 10.0 Å². The predicted octanol–water partition coefficient (Wildman–Crippen LogP) is 3.29. The van der Waals surface area contributed by atoms with E-state index in [4.69, 9.17) is 0 Å². The third-order valence-electron chi connectivity index (χ3n) is 6.02. The number of anilines is 1. The fourth-order valence-corrected chi connectivity index (χ4v) is 6.82. The number of nitrogens with one attached hydrogen (secondary N) is 2. The molecule has 1 amide bonds. The first kappa shape index (κ1) is 22.7. The molecule has 0 saturated carbocycles. The van der Waals surface area contributed by atoms with Crippen LogP contribution in [0.2, 0.25) is 0 Å². The lowest BCUT2D eigenvalue weighted by Crippen LogP contribution is -2.29. The maximum atomic E-state index is 13.5. The summed E-state index contributed by atoms with van der Waals surface area (Å²) in [6, 6.07) is 13.6. The first-order valence-corrected chi connectivity index (χ1v) is 13.0. The Hall–Kier alpha value is -3.10. The third-order valence-corrected chi connectivity index (χ3v) is 8.73. The monoisotopic (exact) mass is 496 g/mol. The molecule has 2 aromatic carbocycles. The van der Waals surface area contributed by atoms with Crippen LogP contribution in [0.15, 0.2) is 47.4 Å².